The Morgan fingerprint density at radius 2 is 2.04 bits per heavy atom. The van der Waals surface area contributed by atoms with Gasteiger partial charge in [0.2, 0.25) is 0 Å². The van der Waals surface area contributed by atoms with Crippen LogP contribution in [0.1, 0.15) is 44.8 Å². The van der Waals surface area contributed by atoms with Gasteiger partial charge in [0, 0.05) is 5.39 Å². The van der Waals surface area contributed by atoms with E-state index < -0.39 is 23.7 Å². The van der Waals surface area contributed by atoms with Crippen molar-refractivity contribution in [3.8, 4) is 0 Å². The number of H-pyrrole nitrogens is 1. The van der Waals surface area contributed by atoms with Crippen molar-refractivity contribution in [3.63, 3.8) is 0 Å². The molecule has 0 radical (unpaired) electrons. The number of carboxylic acid groups (broad SMARTS) is 1. The molecule has 3 N–H and O–H groups in total. The number of nitrogens with one attached hydrogen (secondary N) is 2. The van der Waals surface area contributed by atoms with Gasteiger partial charge in [0.1, 0.15) is 5.82 Å². The lowest BCUT2D eigenvalue weighted by Gasteiger charge is -2.16. The van der Waals surface area contributed by atoms with Gasteiger partial charge < -0.3 is 10.4 Å². The number of fused-ring (bicyclic) bond motifs is 1. The largest absolute Gasteiger partial charge is 0.478 e. The molecule has 1 aromatic heterocycles. The lowest BCUT2D eigenvalue weighted by atomic mass is 10.0. The lowest BCUT2D eigenvalue weighted by molar-refractivity contribution is 0.0695. The molecule has 1 heterocycles. The van der Waals surface area contributed by atoms with Crippen LogP contribution in [0.15, 0.2) is 36.5 Å². The quantitative estimate of drug-likeness (QED) is 0.679. The first kappa shape index (κ1) is 16.6. The molecule has 2 aromatic carbocycles. The van der Waals surface area contributed by atoms with Gasteiger partial charge in [0.15, 0.2) is 0 Å². The van der Waals surface area contributed by atoms with Crippen LogP contribution in [0, 0.1) is 12.7 Å². The van der Waals surface area contributed by atoms with Gasteiger partial charge in [0.05, 0.1) is 28.9 Å². The van der Waals surface area contributed by atoms with Crippen LogP contribution in [-0.4, -0.2) is 27.2 Å². The number of carbonyl (C=O) groups excluding carboxylic acids is 1. The normalized spacial score (nSPS) is 12.1. The van der Waals surface area contributed by atoms with Crippen molar-refractivity contribution in [2.45, 2.75) is 19.9 Å². The van der Waals surface area contributed by atoms with E-state index in [1.165, 1.54) is 24.4 Å². The number of carbonyl (C=O) groups is 2. The maximum atomic E-state index is 14.1. The molecule has 0 unspecified atom stereocenters. The molecule has 128 valence electrons. The van der Waals surface area contributed by atoms with Crippen LogP contribution in [0.3, 0.4) is 0 Å². The van der Waals surface area contributed by atoms with Crippen LogP contribution in [-0.2, 0) is 0 Å². The summed E-state index contributed by atoms with van der Waals surface area (Å²) in [6, 6.07) is 7.14. The Morgan fingerprint density at radius 1 is 1.28 bits per heavy atom. The first-order chi connectivity index (χ1) is 11.9. The molecule has 1 amide bonds. The summed E-state index contributed by atoms with van der Waals surface area (Å²) in [4.78, 5) is 23.6. The van der Waals surface area contributed by atoms with E-state index in [2.05, 4.69) is 15.5 Å². The number of aryl methyl sites for hydroxylation is 1. The summed E-state index contributed by atoms with van der Waals surface area (Å²) in [5.74, 6) is -2.19. The maximum absolute atomic E-state index is 14.1. The molecular formula is C18H16FN3O3. The van der Waals surface area contributed by atoms with Crippen LogP contribution in [0.4, 0.5) is 4.39 Å². The number of halogens is 1. The highest BCUT2D eigenvalue weighted by Crippen LogP contribution is 2.22. The van der Waals surface area contributed by atoms with Crippen LogP contribution in [0.25, 0.3) is 10.9 Å². The highest BCUT2D eigenvalue weighted by molar-refractivity contribution is 6.06. The Labute approximate surface area is 142 Å². The fourth-order valence-corrected chi connectivity index (χ4v) is 2.77. The van der Waals surface area contributed by atoms with Gasteiger partial charge in [-0.15, -0.1) is 0 Å². The van der Waals surface area contributed by atoms with Crippen LogP contribution in [0.2, 0.25) is 0 Å². The number of amides is 1. The molecule has 0 aliphatic rings. The Morgan fingerprint density at radius 3 is 2.72 bits per heavy atom. The summed E-state index contributed by atoms with van der Waals surface area (Å²) in [6.07, 6.45) is 1.41. The maximum Gasteiger partial charge on any atom is 0.335 e. The van der Waals surface area contributed by atoms with E-state index in [0.717, 1.165) is 5.56 Å². The SMILES string of the molecule is Cc1cc([C@H](C)NC(=O)c2c(F)ccc3[nH]ncc23)ccc1C(=O)O. The zero-order chi connectivity index (χ0) is 18.1. The number of aromatic nitrogens is 2. The van der Waals surface area contributed by atoms with Gasteiger partial charge in [0.25, 0.3) is 5.91 Å². The van der Waals surface area contributed by atoms with E-state index in [-0.39, 0.29) is 11.1 Å². The van der Waals surface area contributed by atoms with E-state index in [4.69, 9.17) is 5.11 Å². The highest BCUT2D eigenvalue weighted by atomic mass is 19.1. The number of rotatable bonds is 4. The standard InChI is InChI=1S/C18H16FN3O3/c1-9-7-11(3-4-12(9)18(24)25)10(2)21-17(23)16-13-8-20-22-15(13)6-5-14(16)19/h3-8,10H,1-2H3,(H,20,22)(H,21,23)(H,24,25)/t10-/m0/s1. The molecule has 0 spiro atoms. The number of hydrogen-bond acceptors (Lipinski definition) is 3. The van der Waals surface area contributed by atoms with Crippen molar-refractivity contribution in [1.29, 1.82) is 0 Å². The monoisotopic (exact) mass is 341 g/mol. The average Bonchev–Trinajstić information content (AvgIpc) is 3.02. The van der Waals surface area contributed by atoms with E-state index in [1.807, 2.05) is 0 Å². The minimum atomic E-state index is -1.01. The fraction of sp³-hybridized carbons (Fsp3) is 0.167. The molecule has 3 aromatic rings. The second-order valence-electron chi connectivity index (χ2n) is 5.83. The molecule has 7 heteroatoms. The summed E-state index contributed by atoms with van der Waals surface area (Å²) in [5, 5.41) is 18.8. The number of nitrogens with zero attached hydrogens (tertiary/aromatic N) is 1. The molecule has 0 fully saturated rings. The van der Waals surface area contributed by atoms with Gasteiger partial charge in [-0.2, -0.15) is 5.10 Å². The van der Waals surface area contributed by atoms with Crippen molar-refractivity contribution in [1.82, 2.24) is 15.5 Å². The van der Waals surface area contributed by atoms with Crippen LogP contribution in [0.5, 0.6) is 0 Å². The first-order valence-electron chi connectivity index (χ1n) is 7.64. The predicted octanol–water partition coefficient (Wildman–Crippen LogP) is 3.20. The summed E-state index contributed by atoms with van der Waals surface area (Å²) in [5.41, 5.74) is 2.03. The molecule has 0 saturated heterocycles. The topological polar surface area (TPSA) is 95.1 Å². The van der Waals surface area contributed by atoms with Crippen LogP contribution < -0.4 is 5.32 Å². The zero-order valence-corrected chi connectivity index (χ0v) is 13.6. The number of carboxylic acids is 1. The summed E-state index contributed by atoms with van der Waals surface area (Å²) >= 11 is 0. The van der Waals surface area contributed by atoms with Crippen molar-refractivity contribution in [2.24, 2.45) is 0 Å². The molecule has 0 bridgehead atoms. The molecular weight excluding hydrogens is 325 g/mol. The average molecular weight is 341 g/mol. The highest BCUT2D eigenvalue weighted by Gasteiger charge is 2.19. The van der Waals surface area contributed by atoms with E-state index in [0.29, 0.717) is 16.5 Å². The van der Waals surface area contributed by atoms with E-state index >= 15 is 0 Å². The Bertz CT molecular complexity index is 981. The van der Waals surface area contributed by atoms with E-state index in [1.54, 1.807) is 26.0 Å². The third-order valence-corrected chi connectivity index (χ3v) is 4.13. The van der Waals surface area contributed by atoms with Crippen LogP contribution >= 0.6 is 0 Å². The Balaban J connectivity index is 1.87. The Kier molecular flexibility index (Phi) is 4.22. The minimum Gasteiger partial charge on any atom is -0.478 e. The molecule has 0 aliphatic heterocycles. The lowest BCUT2D eigenvalue weighted by Crippen LogP contribution is -2.27. The number of hydrogen-bond donors (Lipinski definition) is 3. The molecule has 0 aliphatic carbocycles. The molecule has 3 rings (SSSR count). The third kappa shape index (κ3) is 3.08. The van der Waals surface area contributed by atoms with Gasteiger partial charge in [-0.1, -0.05) is 12.1 Å². The summed E-state index contributed by atoms with van der Waals surface area (Å²) in [6.45, 7) is 3.44. The summed E-state index contributed by atoms with van der Waals surface area (Å²) in [7, 11) is 0. The zero-order valence-electron chi connectivity index (χ0n) is 13.6. The molecule has 6 nitrogen and oxygen atoms in total. The number of benzene rings is 2. The molecule has 0 saturated carbocycles. The third-order valence-electron chi connectivity index (χ3n) is 4.13. The minimum absolute atomic E-state index is 0.0722. The Hall–Kier alpha value is -3.22. The van der Waals surface area contributed by atoms with Gasteiger partial charge in [-0.05, 0) is 43.2 Å². The van der Waals surface area contributed by atoms with Gasteiger partial charge in [-0.25, -0.2) is 9.18 Å². The second kappa shape index (κ2) is 6.35. The van der Waals surface area contributed by atoms with Gasteiger partial charge in [-0.3, -0.25) is 9.89 Å². The first-order valence-corrected chi connectivity index (χ1v) is 7.64. The van der Waals surface area contributed by atoms with Crippen molar-refractivity contribution >= 4 is 22.8 Å². The smallest absolute Gasteiger partial charge is 0.335 e. The number of aromatic amines is 1. The molecule has 1 atom stereocenters. The van der Waals surface area contributed by atoms with Crippen molar-refractivity contribution in [3.05, 3.63) is 64.6 Å². The van der Waals surface area contributed by atoms with E-state index in [9.17, 15) is 14.0 Å². The predicted molar refractivity (Wildman–Crippen MR) is 90.1 cm³/mol. The summed E-state index contributed by atoms with van der Waals surface area (Å²) < 4.78 is 14.1. The second-order valence-corrected chi connectivity index (χ2v) is 5.83. The van der Waals surface area contributed by atoms with Crippen molar-refractivity contribution < 1.29 is 19.1 Å². The number of aromatic carboxylic acids is 1. The van der Waals surface area contributed by atoms with Gasteiger partial charge >= 0.3 is 5.97 Å². The fourth-order valence-electron chi connectivity index (χ4n) is 2.77. The molecule has 25 heavy (non-hydrogen) atoms. The van der Waals surface area contributed by atoms with Crippen molar-refractivity contribution in [2.75, 3.05) is 0 Å².